The van der Waals surface area contributed by atoms with Gasteiger partial charge in [0.2, 0.25) is 0 Å². The topological polar surface area (TPSA) is 27.7 Å². The molecule has 0 aromatic carbocycles. The maximum absolute atomic E-state index is 5.14. The third-order valence-electron chi connectivity index (χ3n) is 1.54. The van der Waals surface area contributed by atoms with Crippen molar-refractivity contribution >= 4 is 0 Å². The van der Waals surface area contributed by atoms with E-state index in [4.69, 9.17) is 14.2 Å². The normalized spacial score (nSPS) is 39.8. The Morgan fingerprint density at radius 2 is 1.78 bits per heavy atom. The van der Waals surface area contributed by atoms with Gasteiger partial charge in [0, 0.05) is 0 Å². The Kier molecular flexibility index (Phi) is 0.931. The predicted molar refractivity (Wildman–Crippen MR) is 29.7 cm³/mol. The van der Waals surface area contributed by atoms with Gasteiger partial charge in [0.1, 0.15) is 0 Å². The highest BCUT2D eigenvalue weighted by molar-refractivity contribution is 4.90. The van der Waals surface area contributed by atoms with Crippen LogP contribution in [0.15, 0.2) is 12.5 Å². The van der Waals surface area contributed by atoms with E-state index >= 15 is 0 Å². The lowest BCUT2D eigenvalue weighted by atomic mass is 10.3. The average molecular weight is 128 g/mol. The van der Waals surface area contributed by atoms with E-state index in [9.17, 15) is 0 Å². The number of ether oxygens (including phenoxy) is 3. The van der Waals surface area contributed by atoms with Gasteiger partial charge in [0.25, 0.3) is 5.95 Å². The molecule has 0 spiro atoms. The maximum atomic E-state index is 5.14. The number of hydrogen-bond donors (Lipinski definition) is 0. The van der Waals surface area contributed by atoms with Crippen LogP contribution in [0.2, 0.25) is 0 Å². The van der Waals surface area contributed by atoms with Crippen LogP contribution in [0.5, 0.6) is 0 Å². The van der Waals surface area contributed by atoms with Gasteiger partial charge >= 0.3 is 0 Å². The van der Waals surface area contributed by atoms with Crippen molar-refractivity contribution in [1.29, 1.82) is 0 Å². The summed E-state index contributed by atoms with van der Waals surface area (Å²) < 4.78 is 15.4. The molecule has 9 heavy (non-hydrogen) atoms. The molecule has 0 aromatic rings. The first-order valence-corrected chi connectivity index (χ1v) is 2.96. The molecule has 2 aliphatic rings. The second-order valence-corrected chi connectivity index (χ2v) is 2.22. The van der Waals surface area contributed by atoms with Crippen LogP contribution in [0.3, 0.4) is 0 Å². The molecule has 0 saturated carbocycles. The minimum atomic E-state index is 0.109. The van der Waals surface area contributed by atoms with Crippen LogP contribution in [0, 0.1) is 0 Å². The van der Waals surface area contributed by atoms with E-state index in [2.05, 4.69) is 6.58 Å². The molecule has 0 aromatic heterocycles. The van der Waals surface area contributed by atoms with Crippen LogP contribution in [0.4, 0.5) is 0 Å². The van der Waals surface area contributed by atoms with Gasteiger partial charge in [-0.1, -0.05) is 0 Å². The first-order chi connectivity index (χ1) is 4.36. The summed E-state index contributed by atoms with van der Waals surface area (Å²) in [5.74, 6) is 0.438. The highest BCUT2D eigenvalue weighted by Crippen LogP contribution is 2.25. The molecule has 2 atom stereocenters. The van der Waals surface area contributed by atoms with Crippen molar-refractivity contribution < 1.29 is 14.2 Å². The maximum Gasteiger partial charge on any atom is 0.272 e. The summed E-state index contributed by atoms with van der Waals surface area (Å²) in [5.41, 5.74) is 0. The van der Waals surface area contributed by atoms with E-state index in [1.165, 1.54) is 0 Å². The van der Waals surface area contributed by atoms with E-state index in [-0.39, 0.29) is 12.2 Å². The van der Waals surface area contributed by atoms with Gasteiger partial charge in [-0.15, -0.1) is 0 Å². The van der Waals surface area contributed by atoms with Crippen molar-refractivity contribution in [1.82, 2.24) is 0 Å². The number of rotatable bonds is 0. The van der Waals surface area contributed by atoms with E-state index in [1.807, 2.05) is 0 Å². The zero-order valence-electron chi connectivity index (χ0n) is 5.00. The summed E-state index contributed by atoms with van der Waals surface area (Å²) in [6.07, 6.45) is 0.218. The molecular formula is C6H8O3. The Labute approximate surface area is 53.2 Å². The molecule has 1 unspecified atom stereocenters. The van der Waals surface area contributed by atoms with Crippen LogP contribution >= 0.6 is 0 Å². The highest BCUT2D eigenvalue weighted by Gasteiger charge is 2.38. The van der Waals surface area contributed by atoms with Gasteiger partial charge in [0.05, 0.1) is 13.2 Å². The fraction of sp³-hybridized carbons (Fsp3) is 0.667. The summed E-state index contributed by atoms with van der Waals surface area (Å²) in [5, 5.41) is 0. The zero-order valence-corrected chi connectivity index (χ0v) is 5.00. The van der Waals surface area contributed by atoms with Crippen LogP contribution < -0.4 is 0 Å². The Morgan fingerprint density at radius 3 is 2.33 bits per heavy atom. The number of hydrogen-bond acceptors (Lipinski definition) is 3. The van der Waals surface area contributed by atoms with Gasteiger partial charge in [-0.3, -0.25) is 0 Å². The third-order valence-corrected chi connectivity index (χ3v) is 1.54. The molecular weight excluding hydrogens is 120 g/mol. The molecule has 2 aliphatic heterocycles. The quantitative estimate of drug-likeness (QED) is 0.468. The van der Waals surface area contributed by atoms with Crippen LogP contribution in [-0.4, -0.2) is 25.4 Å². The fourth-order valence-corrected chi connectivity index (χ4v) is 1.10. The lowest BCUT2D eigenvalue weighted by molar-refractivity contribution is 0.0564. The van der Waals surface area contributed by atoms with E-state index in [0.717, 1.165) is 0 Å². The number of fused-ring (bicyclic) bond motifs is 1. The molecule has 0 aliphatic carbocycles. The predicted octanol–water partition coefficient (Wildman–Crippen LogP) is 0.272. The third kappa shape index (κ3) is 0.685. The van der Waals surface area contributed by atoms with Crippen molar-refractivity contribution in [2.24, 2.45) is 0 Å². The molecule has 0 N–H and O–H groups in total. The molecule has 3 heteroatoms. The first kappa shape index (κ1) is 5.11. The molecule has 0 bridgehead atoms. The Bertz CT molecular complexity index is 129. The van der Waals surface area contributed by atoms with Crippen LogP contribution in [0.25, 0.3) is 0 Å². The fourth-order valence-electron chi connectivity index (χ4n) is 1.10. The Balaban J connectivity index is 2.09. The van der Waals surface area contributed by atoms with E-state index < -0.39 is 0 Å². The second-order valence-electron chi connectivity index (χ2n) is 2.22. The van der Waals surface area contributed by atoms with Crippen molar-refractivity contribution in [2.75, 3.05) is 13.2 Å². The van der Waals surface area contributed by atoms with Gasteiger partial charge in [-0.2, -0.15) is 0 Å². The van der Waals surface area contributed by atoms with E-state index in [1.54, 1.807) is 0 Å². The summed E-state index contributed by atoms with van der Waals surface area (Å²) in [7, 11) is 0. The molecule has 50 valence electrons. The van der Waals surface area contributed by atoms with Gasteiger partial charge in [0.15, 0.2) is 12.2 Å². The van der Waals surface area contributed by atoms with Crippen LogP contribution in [0.1, 0.15) is 0 Å². The van der Waals surface area contributed by atoms with Crippen molar-refractivity contribution in [3.8, 4) is 0 Å². The lowest BCUT2D eigenvalue weighted by Crippen LogP contribution is -2.18. The molecule has 0 radical (unpaired) electrons. The minimum absolute atomic E-state index is 0.109. The highest BCUT2D eigenvalue weighted by atomic mass is 16.7. The largest absolute Gasteiger partial charge is 0.456 e. The van der Waals surface area contributed by atoms with Gasteiger partial charge < -0.3 is 14.2 Å². The van der Waals surface area contributed by atoms with Gasteiger partial charge in [-0.25, -0.2) is 0 Å². The SMILES string of the molecule is C=C1OC2COC[C@H]2O1. The molecule has 2 rings (SSSR count). The second kappa shape index (κ2) is 1.64. The molecule has 2 fully saturated rings. The summed E-state index contributed by atoms with van der Waals surface area (Å²) in [6.45, 7) is 4.82. The standard InChI is InChI=1S/C6H8O3/c1-4-8-5-2-7-3-6(5)9-4/h5-6H,1-3H2/t5-,6?/m1/s1. The van der Waals surface area contributed by atoms with Crippen molar-refractivity contribution in [3.63, 3.8) is 0 Å². The molecule has 2 heterocycles. The van der Waals surface area contributed by atoms with E-state index in [0.29, 0.717) is 19.2 Å². The monoisotopic (exact) mass is 128 g/mol. The summed E-state index contributed by atoms with van der Waals surface area (Å²) in [6, 6.07) is 0. The lowest BCUT2D eigenvalue weighted by Gasteiger charge is -1.98. The summed E-state index contributed by atoms with van der Waals surface area (Å²) in [4.78, 5) is 0. The average Bonchev–Trinajstić information content (AvgIpc) is 2.22. The Hall–Kier alpha value is -0.700. The van der Waals surface area contributed by atoms with Gasteiger partial charge in [-0.05, 0) is 6.58 Å². The minimum Gasteiger partial charge on any atom is -0.456 e. The summed E-state index contributed by atoms with van der Waals surface area (Å²) >= 11 is 0. The molecule has 3 nitrogen and oxygen atoms in total. The molecule has 2 saturated heterocycles. The molecule has 0 amide bonds. The zero-order chi connectivity index (χ0) is 6.27. The Morgan fingerprint density at radius 1 is 1.22 bits per heavy atom. The van der Waals surface area contributed by atoms with Crippen LogP contribution in [-0.2, 0) is 14.2 Å². The van der Waals surface area contributed by atoms with Crippen molar-refractivity contribution in [3.05, 3.63) is 12.5 Å². The first-order valence-electron chi connectivity index (χ1n) is 2.96. The smallest absolute Gasteiger partial charge is 0.272 e. The van der Waals surface area contributed by atoms with Crippen molar-refractivity contribution in [2.45, 2.75) is 12.2 Å².